The zero-order valence-electron chi connectivity index (χ0n) is 13.5. The number of halogens is 3. The number of rotatable bonds is 1. The molecule has 0 fully saturated rings. The molecule has 4 N–H and O–H groups in total. The molecule has 0 saturated carbocycles. The number of nitrogens with two attached hydrogens (primary N) is 1. The van der Waals surface area contributed by atoms with Gasteiger partial charge in [0.15, 0.2) is 17.5 Å². The molecule has 0 aromatic heterocycles. The molecule has 0 unspecified atom stereocenters. The van der Waals surface area contributed by atoms with Gasteiger partial charge in [0.1, 0.15) is 6.17 Å². The average molecular weight is 375 g/mol. The third-order valence-electron chi connectivity index (χ3n) is 3.85. The molecule has 4 rings (SSSR count). The molecule has 3 nitrogen and oxygen atoms in total. The highest BCUT2D eigenvalue weighted by Crippen LogP contribution is 2.36. The number of para-hydroxylation sites is 3. The van der Waals surface area contributed by atoms with Crippen LogP contribution in [0.15, 0.2) is 65.6 Å². The number of hydrogen-bond donors (Lipinski definition) is 4. The molecule has 0 saturated heterocycles. The van der Waals surface area contributed by atoms with Gasteiger partial charge in [-0.3, -0.25) is 0 Å². The van der Waals surface area contributed by atoms with Crippen molar-refractivity contribution in [1.82, 2.24) is 0 Å². The maximum absolute atomic E-state index is 12.3. The van der Waals surface area contributed by atoms with Gasteiger partial charge in [-0.05, 0) is 30.3 Å². The topological polar surface area (TPSA) is 50.1 Å². The predicted octanol–water partition coefficient (Wildman–Crippen LogP) is 5.20. The number of anilines is 3. The maximum Gasteiger partial charge on any atom is 0.195 e. The molecule has 1 aliphatic heterocycles. The van der Waals surface area contributed by atoms with Gasteiger partial charge in [0, 0.05) is 16.1 Å². The van der Waals surface area contributed by atoms with Crippen molar-refractivity contribution < 1.29 is 13.2 Å². The molecule has 7 heteroatoms. The Kier molecular flexibility index (Phi) is 5.27. The van der Waals surface area contributed by atoms with Crippen LogP contribution in [0.25, 0.3) is 0 Å². The Morgan fingerprint density at radius 3 is 1.92 bits per heavy atom. The Morgan fingerprint density at radius 1 is 0.769 bits per heavy atom. The predicted molar refractivity (Wildman–Crippen MR) is 101 cm³/mol. The van der Waals surface area contributed by atoms with E-state index in [-0.39, 0.29) is 11.1 Å². The molecule has 134 valence electrons. The van der Waals surface area contributed by atoms with Crippen LogP contribution >= 0.6 is 12.6 Å². The van der Waals surface area contributed by atoms with Gasteiger partial charge in [0.2, 0.25) is 0 Å². The van der Waals surface area contributed by atoms with Crippen molar-refractivity contribution in [2.75, 3.05) is 16.4 Å². The largest absolute Gasteiger partial charge is 0.398 e. The molecule has 0 amide bonds. The van der Waals surface area contributed by atoms with Crippen molar-refractivity contribution in [3.05, 3.63) is 83.7 Å². The third-order valence-corrected chi connectivity index (χ3v) is 4.19. The Morgan fingerprint density at radius 2 is 1.35 bits per heavy atom. The number of benzene rings is 3. The van der Waals surface area contributed by atoms with Crippen molar-refractivity contribution in [3.8, 4) is 0 Å². The Bertz CT molecular complexity index is 882. The van der Waals surface area contributed by atoms with Gasteiger partial charge >= 0.3 is 0 Å². The molecule has 0 bridgehead atoms. The van der Waals surface area contributed by atoms with Crippen molar-refractivity contribution in [2.24, 2.45) is 0 Å². The highest BCUT2D eigenvalue weighted by atomic mass is 32.1. The third kappa shape index (κ3) is 3.72. The summed E-state index contributed by atoms with van der Waals surface area (Å²) in [6, 6.07) is 17.9. The summed E-state index contributed by atoms with van der Waals surface area (Å²) >= 11 is 3.53. The van der Waals surface area contributed by atoms with Crippen LogP contribution in [0, 0.1) is 17.5 Å². The summed E-state index contributed by atoms with van der Waals surface area (Å²) < 4.78 is 36.6. The summed E-state index contributed by atoms with van der Waals surface area (Å²) in [6.45, 7) is 0. The van der Waals surface area contributed by atoms with E-state index in [1.165, 1.54) is 0 Å². The molecular formula is C19H16F3N3S. The molecular weight excluding hydrogens is 359 g/mol. The van der Waals surface area contributed by atoms with Gasteiger partial charge in [0.05, 0.1) is 11.4 Å². The fourth-order valence-electron chi connectivity index (χ4n) is 2.53. The zero-order chi connectivity index (χ0) is 18.7. The van der Waals surface area contributed by atoms with Crippen molar-refractivity contribution in [2.45, 2.75) is 11.1 Å². The second-order valence-corrected chi connectivity index (χ2v) is 6.07. The van der Waals surface area contributed by atoms with E-state index in [1.807, 2.05) is 36.4 Å². The average Bonchev–Trinajstić information content (AvgIpc) is 3.08. The maximum atomic E-state index is 12.3. The first-order valence-electron chi connectivity index (χ1n) is 7.76. The molecule has 1 aliphatic rings. The molecule has 0 radical (unpaired) electrons. The highest BCUT2D eigenvalue weighted by Gasteiger charge is 2.21. The molecule has 1 heterocycles. The summed E-state index contributed by atoms with van der Waals surface area (Å²) in [5, 5.41) is 6.80. The van der Waals surface area contributed by atoms with Crippen LogP contribution in [0.1, 0.15) is 11.7 Å². The summed E-state index contributed by atoms with van der Waals surface area (Å²) in [7, 11) is 0. The summed E-state index contributed by atoms with van der Waals surface area (Å²) in [4.78, 5) is -0.195. The van der Waals surface area contributed by atoms with Crippen LogP contribution in [-0.4, -0.2) is 0 Å². The smallest absolute Gasteiger partial charge is 0.195 e. The first kappa shape index (κ1) is 18.0. The Balaban J connectivity index is 0.000000170. The lowest BCUT2D eigenvalue weighted by Crippen LogP contribution is -2.13. The zero-order valence-corrected chi connectivity index (χ0v) is 14.4. The van der Waals surface area contributed by atoms with E-state index in [0.717, 1.165) is 34.8 Å². The van der Waals surface area contributed by atoms with Gasteiger partial charge in [0.25, 0.3) is 0 Å². The number of nitrogen functional groups attached to an aromatic ring is 1. The normalized spacial score (nSPS) is 12.5. The van der Waals surface area contributed by atoms with E-state index in [0.29, 0.717) is 0 Å². The van der Waals surface area contributed by atoms with Gasteiger partial charge in [-0.2, -0.15) is 0 Å². The lowest BCUT2D eigenvalue weighted by atomic mass is 10.1. The highest BCUT2D eigenvalue weighted by molar-refractivity contribution is 7.80. The van der Waals surface area contributed by atoms with Gasteiger partial charge < -0.3 is 16.4 Å². The minimum Gasteiger partial charge on any atom is -0.398 e. The summed E-state index contributed by atoms with van der Waals surface area (Å²) in [5.74, 6) is -3.92. The Hall–Kier alpha value is -2.80. The van der Waals surface area contributed by atoms with E-state index in [1.54, 1.807) is 0 Å². The molecule has 0 aliphatic carbocycles. The summed E-state index contributed by atoms with van der Waals surface area (Å²) in [6.07, 6.45) is 0.0681. The lowest BCUT2D eigenvalue weighted by molar-refractivity contribution is 0.435. The van der Waals surface area contributed by atoms with Crippen LogP contribution in [0.4, 0.5) is 30.2 Å². The van der Waals surface area contributed by atoms with Crippen LogP contribution in [0.2, 0.25) is 0 Å². The number of fused-ring (bicyclic) bond motifs is 1. The van der Waals surface area contributed by atoms with Gasteiger partial charge in [-0.1, -0.05) is 30.3 Å². The van der Waals surface area contributed by atoms with E-state index < -0.39 is 17.5 Å². The SMILES string of the molecule is Fc1ccc(S)c(F)c1F.Nc1ccccc1C1Nc2ccccc2N1. The van der Waals surface area contributed by atoms with E-state index in [4.69, 9.17) is 5.73 Å². The minimum atomic E-state index is -1.48. The van der Waals surface area contributed by atoms with Gasteiger partial charge in [-0.25, -0.2) is 13.2 Å². The van der Waals surface area contributed by atoms with E-state index >= 15 is 0 Å². The second kappa shape index (κ2) is 7.61. The molecule has 3 aromatic rings. The Labute approximate surface area is 154 Å². The number of nitrogens with one attached hydrogen (secondary N) is 2. The minimum absolute atomic E-state index is 0.0681. The molecule has 3 aromatic carbocycles. The van der Waals surface area contributed by atoms with Gasteiger partial charge in [-0.15, -0.1) is 12.6 Å². The fourth-order valence-corrected chi connectivity index (χ4v) is 2.70. The van der Waals surface area contributed by atoms with E-state index in [2.05, 4.69) is 35.4 Å². The van der Waals surface area contributed by atoms with Crippen molar-refractivity contribution >= 4 is 29.7 Å². The van der Waals surface area contributed by atoms with Crippen molar-refractivity contribution in [3.63, 3.8) is 0 Å². The standard InChI is InChI=1S/C13H13N3.C6H3F3S/c14-10-6-2-1-5-9(10)13-15-11-7-3-4-8-12(11)16-13;7-3-1-2-4(10)6(9)5(3)8/h1-8,13,15-16H,14H2;1-2,10H. The van der Waals surface area contributed by atoms with Crippen LogP contribution < -0.4 is 16.4 Å². The fraction of sp³-hybridized carbons (Fsp3) is 0.0526. The van der Waals surface area contributed by atoms with Crippen molar-refractivity contribution in [1.29, 1.82) is 0 Å². The number of thiol groups is 1. The van der Waals surface area contributed by atoms with Crippen LogP contribution in [-0.2, 0) is 0 Å². The molecule has 0 spiro atoms. The monoisotopic (exact) mass is 375 g/mol. The molecule has 26 heavy (non-hydrogen) atoms. The van der Waals surface area contributed by atoms with Crippen LogP contribution in [0.3, 0.4) is 0 Å². The second-order valence-electron chi connectivity index (χ2n) is 5.59. The first-order chi connectivity index (χ1) is 12.5. The number of hydrogen-bond acceptors (Lipinski definition) is 4. The first-order valence-corrected chi connectivity index (χ1v) is 8.21. The molecule has 0 atom stereocenters. The van der Waals surface area contributed by atoms with E-state index in [9.17, 15) is 13.2 Å². The quantitative estimate of drug-likeness (QED) is 0.269. The lowest BCUT2D eigenvalue weighted by Gasteiger charge is -2.14. The summed E-state index contributed by atoms with van der Waals surface area (Å²) in [5.41, 5.74) is 10.1. The van der Waals surface area contributed by atoms with Crippen LogP contribution in [0.5, 0.6) is 0 Å².